The Labute approximate surface area is 105 Å². The van der Waals surface area contributed by atoms with Gasteiger partial charge in [0.2, 0.25) is 0 Å². The standard InChI is InChI=1S/C14H23N3/c1-4-9-17(10-5-2)12-14-13(11-15-3)7-6-8-16-14/h4,6-8,15H,1,5,9-12H2,2-3H3. The van der Waals surface area contributed by atoms with Gasteiger partial charge in [0.25, 0.3) is 0 Å². The van der Waals surface area contributed by atoms with Crippen molar-refractivity contribution in [2.24, 2.45) is 0 Å². The van der Waals surface area contributed by atoms with Gasteiger partial charge in [0.15, 0.2) is 0 Å². The minimum Gasteiger partial charge on any atom is -0.316 e. The van der Waals surface area contributed by atoms with Crippen LogP contribution in [0.5, 0.6) is 0 Å². The van der Waals surface area contributed by atoms with E-state index >= 15 is 0 Å². The fraction of sp³-hybridized carbons (Fsp3) is 0.500. The molecular weight excluding hydrogens is 210 g/mol. The van der Waals surface area contributed by atoms with E-state index in [9.17, 15) is 0 Å². The van der Waals surface area contributed by atoms with Crippen LogP contribution in [0.2, 0.25) is 0 Å². The third-order valence-electron chi connectivity index (χ3n) is 2.65. The molecule has 0 aliphatic rings. The van der Waals surface area contributed by atoms with Crippen LogP contribution in [0.1, 0.15) is 24.6 Å². The Morgan fingerprint density at radius 1 is 1.53 bits per heavy atom. The van der Waals surface area contributed by atoms with Crippen molar-refractivity contribution in [3.05, 3.63) is 42.2 Å². The largest absolute Gasteiger partial charge is 0.316 e. The molecule has 0 amide bonds. The van der Waals surface area contributed by atoms with Crippen LogP contribution in [0, 0.1) is 0 Å². The Morgan fingerprint density at radius 2 is 2.35 bits per heavy atom. The summed E-state index contributed by atoms with van der Waals surface area (Å²) in [4.78, 5) is 6.86. The first-order valence-electron chi connectivity index (χ1n) is 6.22. The summed E-state index contributed by atoms with van der Waals surface area (Å²) in [5, 5.41) is 3.18. The van der Waals surface area contributed by atoms with Gasteiger partial charge in [0.1, 0.15) is 0 Å². The van der Waals surface area contributed by atoms with E-state index in [2.05, 4.69) is 34.8 Å². The zero-order chi connectivity index (χ0) is 12.5. The summed E-state index contributed by atoms with van der Waals surface area (Å²) in [6, 6.07) is 4.13. The van der Waals surface area contributed by atoms with E-state index in [4.69, 9.17) is 0 Å². The number of pyridine rings is 1. The lowest BCUT2D eigenvalue weighted by molar-refractivity contribution is 0.290. The summed E-state index contributed by atoms with van der Waals surface area (Å²) in [6.45, 7) is 9.78. The molecule has 0 bridgehead atoms. The number of nitrogens with zero attached hydrogens (tertiary/aromatic N) is 2. The maximum Gasteiger partial charge on any atom is 0.0588 e. The second kappa shape index (κ2) is 7.98. The number of rotatable bonds is 8. The molecule has 1 N–H and O–H groups in total. The van der Waals surface area contributed by atoms with E-state index in [1.807, 2.05) is 25.4 Å². The van der Waals surface area contributed by atoms with Crippen molar-refractivity contribution in [2.45, 2.75) is 26.4 Å². The molecule has 0 saturated heterocycles. The molecule has 0 aliphatic heterocycles. The van der Waals surface area contributed by atoms with Crippen LogP contribution >= 0.6 is 0 Å². The lowest BCUT2D eigenvalue weighted by atomic mass is 10.1. The van der Waals surface area contributed by atoms with E-state index < -0.39 is 0 Å². The van der Waals surface area contributed by atoms with Crippen molar-refractivity contribution in [3.63, 3.8) is 0 Å². The summed E-state index contributed by atoms with van der Waals surface area (Å²) in [7, 11) is 1.96. The Bertz CT molecular complexity index is 336. The molecule has 0 unspecified atom stereocenters. The van der Waals surface area contributed by atoms with Gasteiger partial charge in [-0.3, -0.25) is 9.88 Å². The molecule has 0 saturated carbocycles. The highest BCUT2D eigenvalue weighted by Gasteiger charge is 2.07. The monoisotopic (exact) mass is 233 g/mol. The second-order valence-electron chi connectivity index (χ2n) is 4.16. The summed E-state index contributed by atoms with van der Waals surface area (Å²) < 4.78 is 0. The molecule has 1 aromatic heterocycles. The van der Waals surface area contributed by atoms with Gasteiger partial charge in [0, 0.05) is 25.8 Å². The van der Waals surface area contributed by atoms with Crippen LogP contribution in [-0.2, 0) is 13.1 Å². The average molecular weight is 233 g/mol. The van der Waals surface area contributed by atoms with Crippen LogP contribution in [0.15, 0.2) is 31.0 Å². The Hall–Kier alpha value is -1.19. The summed E-state index contributed by atoms with van der Waals surface area (Å²) >= 11 is 0. The van der Waals surface area contributed by atoms with Crippen molar-refractivity contribution >= 4 is 0 Å². The first-order valence-corrected chi connectivity index (χ1v) is 6.22. The van der Waals surface area contributed by atoms with Gasteiger partial charge in [-0.1, -0.05) is 19.1 Å². The highest BCUT2D eigenvalue weighted by atomic mass is 15.1. The molecule has 3 heteroatoms. The molecule has 0 aliphatic carbocycles. The van der Waals surface area contributed by atoms with Crippen LogP contribution in [0.25, 0.3) is 0 Å². The topological polar surface area (TPSA) is 28.2 Å². The molecule has 0 fully saturated rings. The van der Waals surface area contributed by atoms with Crippen LogP contribution < -0.4 is 5.32 Å². The maximum atomic E-state index is 4.49. The van der Waals surface area contributed by atoms with Crippen molar-refractivity contribution < 1.29 is 0 Å². The highest BCUT2D eigenvalue weighted by Crippen LogP contribution is 2.09. The van der Waals surface area contributed by atoms with Gasteiger partial charge in [-0.25, -0.2) is 0 Å². The van der Waals surface area contributed by atoms with Crippen LogP contribution in [0.4, 0.5) is 0 Å². The molecule has 17 heavy (non-hydrogen) atoms. The minimum absolute atomic E-state index is 0.872. The van der Waals surface area contributed by atoms with Gasteiger partial charge in [-0.15, -0.1) is 6.58 Å². The normalized spacial score (nSPS) is 10.8. The average Bonchev–Trinajstić information content (AvgIpc) is 2.33. The van der Waals surface area contributed by atoms with Gasteiger partial charge < -0.3 is 5.32 Å². The fourth-order valence-electron chi connectivity index (χ4n) is 1.91. The van der Waals surface area contributed by atoms with Gasteiger partial charge in [-0.2, -0.15) is 0 Å². The zero-order valence-electron chi connectivity index (χ0n) is 10.9. The number of aromatic nitrogens is 1. The summed E-state index contributed by atoms with van der Waals surface area (Å²) in [6.07, 6.45) is 4.98. The van der Waals surface area contributed by atoms with Crippen molar-refractivity contribution in [3.8, 4) is 0 Å². The molecule has 1 rings (SSSR count). The molecule has 94 valence electrons. The minimum atomic E-state index is 0.872. The summed E-state index contributed by atoms with van der Waals surface area (Å²) in [5.74, 6) is 0. The lowest BCUT2D eigenvalue weighted by Crippen LogP contribution is -2.25. The van der Waals surface area contributed by atoms with Gasteiger partial charge >= 0.3 is 0 Å². The Kier molecular flexibility index (Phi) is 6.51. The quantitative estimate of drug-likeness (QED) is 0.698. The van der Waals surface area contributed by atoms with E-state index in [0.29, 0.717) is 0 Å². The molecule has 0 radical (unpaired) electrons. The molecular formula is C14H23N3. The SMILES string of the molecule is C=CCN(CCC)Cc1ncccc1CNC. The Morgan fingerprint density at radius 3 is 3.00 bits per heavy atom. The first-order chi connectivity index (χ1) is 8.31. The zero-order valence-corrected chi connectivity index (χ0v) is 10.9. The molecule has 0 spiro atoms. The van der Waals surface area contributed by atoms with Crippen LogP contribution in [-0.4, -0.2) is 30.0 Å². The molecule has 0 aromatic carbocycles. The van der Waals surface area contributed by atoms with Crippen LogP contribution in [0.3, 0.4) is 0 Å². The van der Waals surface area contributed by atoms with Gasteiger partial charge in [-0.05, 0) is 31.6 Å². The predicted octanol–water partition coefficient (Wildman–Crippen LogP) is 2.20. The van der Waals surface area contributed by atoms with Gasteiger partial charge in [0.05, 0.1) is 5.69 Å². The first kappa shape index (κ1) is 13.9. The number of hydrogen-bond acceptors (Lipinski definition) is 3. The maximum absolute atomic E-state index is 4.49. The molecule has 3 nitrogen and oxygen atoms in total. The Balaban J connectivity index is 2.72. The predicted molar refractivity (Wildman–Crippen MR) is 72.8 cm³/mol. The van der Waals surface area contributed by atoms with E-state index in [0.717, 1.165) is 38.3 Å². The molecule has 1 heterocycles. The molecule has 0 atom stereocenters. The lowest BCUT2D eigenvalue weighted by Gasteiger charge is -2.20. The van der Waals surface area contributed by atoms with E-state index in [1.165, 1.54) is 5.56 Å². The van der Waals surface area contributed by atoms with E-state index in [1.54, 1.807) is 0 Å². The molecule has 1 aromatic rings. The fourth-order valence-corrected chi connectivity index (χ4v) is 1.91. The van der Waals surface area contributed by atoms with Crippen molar-refractivity contribution in [1.82, 2.24) is 15.2 Å². The highest BCUT2D eigenvalue weighted by molar-refractivity contribution is 5.19. The third-order valence-corrected chi connectivity index (χ3v) is 2.65. The van der Waals surface area contributed by atoms with E-state index in [-0.39, 0.29) is 0 Å². The number of nitrogens with one attached hydrogen (secondary N) is 1. The van der Waals surface area contributed by atoms with Crippen molar-refractivity contribution in [1.29, 1.82) is 0 Å². The van der Waals surface area contributed by atoms with Crippen molar-refractivity contribution in [2.75, 3.05) is 20.1 Å². The summed E-state index contributed by atoms with van der Waals surface area (Å²) in [5.41, 5.74) is 2.44. The smallest absolute Gasteiger partial charge is 0.0588 e. The third kappa shape index (κ3) is 4.67. The number of hydrogen-bond donors (Lipinski definition) is 1. The second-order valence-corrected chi connectivity index (χ2v) is 4.16.